The predicted molar refractivity (Wildman–Crippen MR) is 129 cm³/mol. The molecule has 29 heavy (non-hydrogen) atoms. The number of rotatable bonds is 21. The van der Waals surface area contributed by atoms with Crippen LogP contribution in [0.2, 0.25) is 0 Å². The standard InChI is InChI=1S/C25H52O2P.BrH/c1-5-9-13-17-21-28(22-18-14-10-6-2,23-19-15-11-7-3)24-25(26)27-20-16-12-8-4;/h5-24H2,1-4H3;1H/q+1;/p-1. The summed E-state index contributed by atoms with van der Waals surface area (Å²) in [4.78, 5) is 12.7. The van der Waals surface area contributed by atoms with Crippen LogP contribution in [0.15, 0.2) is 0 Å². The summed E-state index contributed by atoms with van der Waals surface area (Å²) >= 11 is 0. The van der Waals surface area contributed by atoms with Crippen molar-refractivity contribution in [1.82, 2.24) is 0 Å². The van der Waals surface area contributed by atoms with Gasteiger partial charge in [0.25, 0.3) is 0 Å². The molecule has 0 saturated heterocycles. The molecule has 0 saturated carbocycles. The zero-order valence-electron chi connectivity index (χ0n) is 20.3. The van der Waals surface area contributed by atoms with E-state index >= 15 is 0 Å². The van der Waals surface area contributed by atoms with Gasteiger partial charge in [-0.1, -0.05) is 79.1 Å². The normalized spacial score (nSPS) is 11.3. The summed E-state index contributed by atoms with van der Waals surface area (Å²) in [5, 5.41) is 0. The number of hydrogen-bond acceptors (Lipinski definition) is 2. The summed E-state index contributed by atoms with van der Waals surface area (Å²) in [7, 11) is -1.20. The summed E-state index contributed by atoms with van der Waals surface area (Å²) in [6.45, 7) is 9.68. The minimum absolute atomic E-state index is 0. The highest BCUT2D eigenvalue weighted by Crippen LogP contribution is 2.60. The SMILES string of the molecule is CCCCCC[P+](CCCCCC)(CCCCCC)CC(=O)OCCCCC.[Br-]. The first-order valence-corrected chi connectivity index (χ1v) is 15.2. The molecule has 0 N–H and O–H groups in total. The van der Waals surface area contributed by atoms with Crippen LogP contribution in [0.3, 0.4) is 0 Å². The van der Waals surface area contributed by atoms with Gasteiger partial charge in [0.05, 0.1) is 25.1 Å². The lowest BCUT2D eigenvalue weighted by atomic mass is 10.2. The number of ether oxygens (including phenoxy) is 1. The Bertz CT molecular complexity index is 318. The molecule has 0 fully saturated rings. The first kappa shape index (κ1) is 31.6. The molecule has 0 aliphatic carbocycles. The quantitative estimate of drug-likeness (QED) is 0.120. The number of carbonyl (C=O) groups is 1. The third kappa shape index (κ3) is 18.8. The van der Waals surface area contributed by atoms with E-state index in [0.717, 1.165) is 12.6 Å². The van der Waals surface area contributed by atoms with Gasteiger partial charge in [-0.25, -0.2) is 4.79 Å². The van der Waals surface area contributed by atoms with Gasteiger partial charge < -0.3 is 21.7 Å². The monoisotopic (exact) mass is 494 g/mol. The Labute approximate surface area is 194 Å². The molecule has 176 valence electrons. The highest BCUT2D eigenvalue weighted by molar-refractivity contribution is 7.76. The fraction of sp³-hybridized carbons (Fsp3) is 0.960. The van der Waals surface area contributed by atoms with Crippen LogP contribution in [-0.2, 0) is 9.53 Å². The molecule has 0 unspecified atom stereocenters. The third-order valence-corrected chi connectivity index (χ3v) is 10.7. The van der Waals surface area contributed by atoms with Crippen LogP contribution in [0.1, 0.15) is 124 Å². The van der Waals surface area contributed by atoms with E-state index in [0.29, 0.717) is 6.61 Å². The molecule has 4 heteroatoms. The van der Waals surface area contributed by atoms with Crippen LogP contribution in [0, 0.1) is 0 Å². The van der Waals surface area contributed by atoms with E-state index in [1.807, 2.05) is 0 Å². The maximum atomic E-state index is 12.7. The second-order valence-corrected chi connectivity index (χ2v) is 13.1. The lowest BCUT2D eigenvalue weighted by Gasteiger charge is -2.27. The third-order valence-electron chi connectivity index (χ3n) is 5.93. The first-order valence-electron chi connectivity index (χ1n) is 12.6. The van der Waals surface area contributed by atoms with Crippen molar-refractivity contribution >= 4 is 13.2 Å². The van der Waals surface area contributed by atoms with E-state index in [2.05, 4.69) is 27.7 Å². The van der Waals surface area contributed by atoms with Crippen molar-refractivity contribution in [2.75, 3.05) is 31.3 Å². The smallest absolute Gasteiger partial charge is 0.343 e. The minimum atomic E-state index is -1.20. The molecule has 2 nitrogen and oxygen atoms in total. The van der Waals surface area contributed by atoms with Crippen LogP contribution in [0.25, 0.3) is 0 Å². The number of carbonyl (C=O) groups excluding carboxylic acids is 1. The van der Waals surface area contributed by atoms with E-state index in [1.165, 1.54) is 108 Å². The molecular formula is C25H52BrO2P. The van der Waals surface area contributed by atoms with Gasteiger partial charge in [-0.2, -0.15) is 0 Å². The topological polar surface area (TPSA) is 26.3 Å². The molecule has 0 spiro atoms. The van der Waals surface area contributed by atoms with Crippen molar-refractivity contribution < 1.29 is 26.5 Å². The molecule has 0 aliphatic rings. The second-order valence-electron chi connectivity index (χ2n) is 8.78. The summed E-state index contributed by atoms with van der Waals surface area (Å²) in [6.07, 6.45) is 24.0. The second kappa shape index (κ2) is 23.1. The maximum Gasteiger partial charge on any atom is 0.343 e. The molecule has 0 bridgehead atoms. The Morgan fingerprint density at radius 3 is 1.34 bits per heavy atom. The van der Waals surface area contributed by atoms with Gasteiger partial charge in [-0.05, 0) is 44.9 Å². The highest BCUT2D eigenvalue weighted by atomic mass is 79.9. The Hall–Kier alpha value is 0.380. The van der Waals surface area contributed by atoms with Crippen LogP contribution >= 0.6 is 7.26 Å². The summed E-state index contributed by atoms with van der Waals surface area (Å²) in [6, 6.07) is 0. The van der Waals surface area contributed by atoms with Gasteiger partial charge >= 0.3 is 5.97 Å². The lowest BCUT2D eigenvalue weighted by Crippen LogP contribution is -3.00. The van der Waals surface area contributed by atoms with Gasteiger partial charge in [-0.15, -0.1) is 0 Å². The fourth-order valence-electron chi connectivity index (χ4n) is 4.05. The molecular weight excluding hydrogens is 443 g/mol. The number of esters is 1. The Kier molecular flexibility index (Phi) is 25.1. The van der Waals surface area contributed by atoms with Crippen molar-refractivity contribution in [3.63, 3.8) is 0 Å². The van der Waals surface area contributed by atoms with Crippen molar-refractivity contribution in [2.45, 2.75) is 124 Å². The fourth-order valence-corrected chi connectivity index (χ4v) is 8.52. The minimum Gasteiger partial charge on any atom is -1.00 e. The van der Waals surface area contributed by atoms with E-state index in [1.54, 1.807) is 0 Å². The number of unbranched alkanes of at least 4 members (excludes halogenated alkanes) is 11. The van der Waals surface area contributed by atoms with Crippen LogP contribution in [0.5, 0.6) is 0 Å². The average molecular weight is 496 g/mol. The molecule has 0 aromatic rings. The molecule has 0 amide bonds. The predicted octanol–water partition coefficient (Wildman–Crippen LogP) is 5.48. The Balaban J connectivity index is 0. The molecule has 0 aromatic heterocycles. The van der Waals surface area contributed by atoms with Gasteiger partial charge in [-0.3, -0.25) is 0 Å². The van der Waals surface area contributed by atoms with E-state index in [4.69, 9.17) is 4.74 Å². The van der Waals surface area contributed by atoms with Crippen LogP contribution < -0.4 is 17.0 Å². The van der Waals surface area contributed by atoms with Crippen molar-refractivity contribution in [2.24, 2.45) is 0 Å². The molecule has 0 aliphatic heterocycles. The largest absolute Gasteiger partial charge is 1.00 e. The van der Waals surface area contributed by atoms with Crippen molar-refractivity contribution in [3.05, 3.63) is 0 Å². The van der Waals surface area contributed by atoms with E-state index < -0.39 is 7.26 Å². The number of hydrogen-bond donors (Lipinski definition) is 0. The van der Waals surface area contributed by atoms with Gasteiger partial charge in [0.2, 0.25) is 0 Å². The van der Waals surface area contributed by atoms with Crippen LogP contribution in [0.4, 0.5) is 0 Å². The average Bonchev–Trinajstić information content (AvgIpc) is 2.69. The lowest BCUT2D eigenvalue weighted by molar-refractivity contribution is -0.140. The molecule has 0 atom stereocenters. The maximum absolute atomic E-state index is 12.7. The van der Waals surface area contributed by atoms with Crippen LogP contribution in [-0.4, -0.2) is 37.2 Å². The Morgan fingerprint density at radius 1 is 0.586 bits per heavy atom. The molecule has 0 radical (unpaired) electrons. The van der Waals surface area contributed by atoms with Crippen molar-refractivity contribution in [3.8, 4) is 0 Å². The molecule has 0 heterocycles. The van der Waals surface area contributed by atoms with E-state index in [-0.39, 0.29) is 23.0 Å². The van der Waals surface area contributed by atoms with Crippen molar-refractivity contribution in [1.29, 1.82) is 0 Å². The number of halogens is 1. The summed E-state index contributed by atoms with van der Waals surface area (Å²) < 4.78 is 5.67. The summed E-state index contributed by atoms with van der Waals surface area (Å²) in [5.41, 5.74) is 0. The summed E-state index contributed by atoms with van der Waals surface area (Å²) in [5.74, 6) is 0.117. The van der Waals surface area contributed by atoms with Gasteiger partial charge in [0.15, 0.2) is 6.16 Å². The highest BCUT2D eigenvalue weighted by Gasteiger charge is 2.38. The molecule has 0 aromatic carbocycles. The van der Waals surface area contributed by atoms with Gasteiger partial charge in [0.1, 0.15) is 0 Å². The molecule has 0 rings (SSSR count). The zero-order valence-corrected chi connectivity index (χ0v) is 22.8. The van der Waals surface area contributed by atoms with Gasteiger partial charge in [0, 0.05) is 7.26 Å². The first-order chi connectivity index (χ1) is 13.6. The Morgan fingerprint density at radius 2 is 0.966 bits per heavy atom. The van der Waals surface area contributed by atoms with E-state index in [9.17, 15) is 4.79 Å². The zero-order chi connectivity index (χ0) is 20.9.